The van der Waals surface area contributed by atoms with Gasteiger partial charge in [-0.25, -0.2) is 5.84 Å². The van der Waals surface area contributed by atoms with Crippen LogP contribution in [0.15, 0.2) is 4.99 Å². The molecule has 0 saturated carbocycles. The minimum absolute atomic E-state index is 0.533. The average Bonchev–Trinajstić information content (AvgIpc) is 2.26. The van der Waals surface area contributed by atoms with E-state index < -0.39 is 0 Å². The molecule has 96 valence electrons. The number of methoxy groups -OCH3 is 1. The third-order valence-electron chi connectivity index (χ3n) is 2.34. The Morgan fingerprint density at radius 3 is 2.69 bits per heavy atom. The van der Waals surface area contributed by atoms with Gasteiger partial charge in [0.1, 0.15) is 0 Å². The molecule has 0 aromatic rings. The SMILES string of the molecule is COCCNC(=NCCN(C)C(C)C)NN. The van der Waals surface area contributed by atoms with Crippen molar-refractivity contribution in [3.63, 3.8) is 0 Å². The molecule has 0 aliphatic heterocycles. The molecule has 0 bridgehead atoms. The molecule has 0 heterocycles. The summed E-state index contributed by atoms with van der Waals surface area (Å²) in [5.74, 6) is 5.94. The summed E-state index contributed by atoms with van der Waals surface area (Å²) in [5.41, 5.74) is 2.53. The van der Waals surface area contributed by atoms with E-state index in [2.05, 4.69) is 41.5 Å². The molecular weight excluding hydrogens is 206 g/mol. The number of aliphatic imine (C=N–C) groups is 1. The lowest BCUT2D eigenvalue weighted by Crippen LogP contribution is -2.43. The summed E-state index contributed by atoms with van der Waals surface area (Å²) in [6.07, 6.45) is 0. The van der Waals surface area contributed by atoms with Crippen molar-refractivity contribution in [3.8, 4) is 0 Å². The Hall–Kier alpha value is -0.850. The molecule has 0 aromatic carbocycles. The molecular formula is C10H25N5O. The number of nitrogens with two attached hydrogens (primary N) is 1. The summed E-state index contributed by atoms with van der Waals surface area (Å²) in [4.78, 5) is 6.54. The first-order chi connectivity index (χ1) is 7.61. The minimum atomic E-state index is 0.533. The average molecular weight is 231 g/mol. The van der Waals surface area contributed by atoms with Gasteiger partial charge in [-0.15, -0.1) is 0 Å². The number of ether oxygens (including phenoxy) is 1. The molecule has 0 saturated heterocycles. The second kappa shape index (κ2) is 9.38. The lowest BCUT2D eigenvalue weighted by molar-refractivity contribution is 0.203. The second-order valence-corrected chi connectivity index (χ2v) is 3.87. The zero-order valence-electron chi connectivity index (χ0n) is 10.8. The fourth-order valence-corrected chi connectivity index (χ4v) is 1.00. The standard InChI is InChI=1S/C10H25N5O/c1-9(2)15(3)7-5-12-10(14-11)13-6-8-16-4/h9H,5-8,11H2,1-4H3,(H2,12,13,14). The topological polar surface area (TPSA) is 74.9 Å². The molecule has 0 fully saturated rings. The third kappa shape index (κ3) is 7.44. The fourth-order valence-electron chi connectivity index (χ4n) is 1.00. The van der Waals surface area contributed by atoms with Crippen LogP contribution in [0.3, 0.4) is 0 Å². The Balaban J connectivity index is 3.79. The summed E-state index contributed by atoms with van der Waals surface area (Å²) in [7, 11) is 3.74. The highest BCUT2D eigenvalue weighted by atomic mass is 16.5. The lowest BCUT2D eigenvalue weighted by Gasteiger charge is -2.19. The van der Waals surface area contributed by atoms with Crippen molar-refractivity contribution in [2.24, 2.45) is 10.8 Å². The summed E-state index contributed by atoms with van der Waals surface area (Å²) >= 11 is 0. The van der Waals surface area contributed by atoms with Crippen LogP contribution in [0.5, 0.6) is 0 Å². The molecule has 0 amide bonds. The number of guanidine groups is 1. The van der Waals surface area contributed by atoms with Crippen molar-refractivity contribution in [1.29, 1.82) is 0 Å². The van der Waals surface area contributed by atoms with Crippen LogP contribution in [-0.4, -0.2) is 57.3 Å². The van der Waals surface area contributed by atoms with Gasteiger partial charge >= 0.3 is 0 Å². The van der Waals surface area contributed by atoms with E-state index in [1.54, 1.807) is 7.11 Å². The predicted molar refractivity (Wildman–Crippen MR) is 67.3 cm³/mol. The van der Waals surface area contributed by atoms with E-state index in [1.807, 2.05) is 0 Å². The number of rotatable bonds is 7. The van der Waals surface area contributed by atoms with Crippen LogP contribution in [0.2, 0.25) is 0 Å². The van der Waals surface area contributed by atoms with Gasteiger partial charge in [0.25, 0.3) is 0 Å². The first-order valence-corrected chi connectivity index (χ1v) is 5.56. The molecule has 6 nitrogen and oxygen atoms in total. The Labute approximate surface area is 98.2 Å². The van der Waals surface area contributed by atoms with Crippen molar-refractivity contribution in [3.05, 3.63) is 0 Å². The van der Waals surface area contributed by atoms with Gasteiger partial charge in [-0.05, 0) is 20.9 Å². The molecule has 6 heteroatoms. The van der Waals surface area contributed by atoms with E-state index in [-0.39, 0.29) is 0 Å². The van der Waals surface area contributed by atoms with Gasteiger partial charge in [0.2, 0.25) is 5.96 Å². The van der Waals surface area contributed by atoms with Gasteiger partial charge in [0.05, 0.1) is 13.2 Å². The number of nitrogens with zero attached hydrogens (tertiary/aromatic N) is 2. The molecule has 0 aliphatic carbocycles. The third-order valence-corrected chi connectivity index (χ3v) is 2.34. The largest absolute Gasteiger partial charge is 0.383 e. The van der Waals surface area contributed by atoms with Crippen LogP contribution in [-0.2, 0) is 4.74 Å². The van der Waals surface area contributed by atoms with Crippen molar-refractivity contribution in [1.82, 2.24) is 15.6 Å². The molecule has 0 rings (SSSR count). The van der Waals surface area contributed by atoms with Crippen molar-refractivity contribution < 1.29 is 4.74 Å². The van der Waals surface area contributed by atoms with Crippen LogP contribution in [0, 0.1) is 0 Å². The smallest absolute Gasteiger partial charge is 0.205 e. The van der Waals surface area contributed by atoms with Crippen LogP contribution < -0.4 is 16.6 Å². The summed E-state index contributed by atoms with van der Waals surface area (Å²) in [5, 5.41) is 3.04. The van der Waals surface area contributed by atoms with Gasteiger partial charge in [-0.1, -0.05) is 0 Å². The van der Waals surface area contributed by atoms with E-state index in [4.69, 9.17) is 10.6 Å². The van der Waals surface area contributed by atoms with E-state index in [9.17, 15) is 0 Å². The molecule has 0 spiro atoms. The van der Waals surface area contributed by atoms with Gasteiger partial charge < -0.3 is 15.0 Å². The highest BCUT2D eigenvalue weighted by Crippen LogP contribution is 1.91. The Kier molecular flexibility index (Phi) is 8.88. The van der Waals surface area contributed by atoms with Crippen LogP contribution in [0.1, 0.15) is 13.8 Å². The lowest BCUT2D eigenvalue weighted by atomic mass is 10.3. The summed E-state index contributed by atoms with van der Waals surface area (Å²) in [6.45, 7) is 7.26. The Morgan fingerprint density at radius 2 is 2.19 bits per heavy atom. The maximum absolute atomic E-state index is 5.33. The van der Waals surface area contributed by atoms with Gasteiger partial charge in [0.15, 0.2) is 0 Å². The molecule has 0 atom stereocenters. The molecule has 4 N–H and O–H groups in total. The van der Waals surface area contributed by atoms with Crippen molar-refractivity contribution >= 4 is 5.96 Å². The quantitative estimate of drug-likeness (QED) is 0.179. The van der Waals surface area contributed by atoms with Gasteiger partial charge in [-0.3, -0.25) is 10.4 Å². The minimum Gasteiger partial charge on any atom is -0.383 e. The van der Waals surface area contributed by atoms with Crippen LogP contribution in [0.25, 0.3) is 0 Å². The number of likely N-dealkylation sites (N-methyl/N-ethyl adjacent to an activating group) is 1. The maximum Gasteiger partial charge on any atom is 0.205 e. The molecule has 0 aromatic heterocycles. The molecule has 16 heavy (non-hydrogen) atoms. The van der Waals surface area contributed by atoms with Crippen LogP contribution in [0.4, 0.5) is 0 Å². The van der Waals surface area contributed by atoms with Crippen molar-refractivity contribution in [2.45, 2.75) is 19.9 Å². The zero-order valence-corrected chi connectivity index (χ0v) is 10.8. The normalized spacial score (nSPS) is 12.3. The van der Waals surface area contributed by atoms with Crippen LogP contribution >= 0.6 is 0 Å². The summed E-state index contributed by atoms with van der Waals surface area (Å²) < 4.78 is 4.92. The van der Waals surface area contributed by atoms with E-state index in [1.165, 1.54) is 0 Å². The first kappa shape index (κ1) is 15.2. The van der Waals surface area contributed by atoms with Gasteiger partial charge in [-0.2, -0.15) is 0 Å². The molecule has 0 radical (unpaired) electrons. The van der Waals surface area contributed by atoms with E-state index in [0.717, 1.165) is 6.54 Å². The fraction of sp³-hybridized carbons (Fsp3) is 0.900. The van der Waals surface area contributed by atoms with Crippen molar-refractivity contribution in [2.75, 3.05) is 40.4 Å². The number of nitrogens with one attached hydrogen (secondary N) is 2. The highest BCUT2D eigenvalue weighted by molar-refractivity contribution is 5.79. The zero-order chi connectivity index (χ0) is 12.4. The van der Waals surface area contributed by atoms with E-state index in [0.29, 0.717) is 31.7 Å². The monoisotopic (exact) mass is 231 g/mol. The van der Waals surface area contributed by atoms with E-state index >= 15 is 0 Å². The second-order valence-electron chi connectivity index (χ2n) is 3.87. The Bertz CT molecular complexity index is 196. The number of hydrogen-bond donors (Lipinski definition) is 3. The number of hydrazine groups is 1. The maximum atomic E-state index is 5.33. The first-order valence-electron chi connectivity index (χ1n) is 5.56. The summed E-state index contributed by atoms with van der Waals surface area (Å²) in [6, 6.07) is 0.533. The molecule has 0 aliphatic rings. The van der Waals surface area contributed by atoms with Gasteiger partial charge in [0, 0.05) is 26.2 Å². The predicted octanol–water partition coefficient (Wildman–Crippen LogP) is -0.618. The number of hydrogen-bond acceptors (Lipinski definition) is 4. The molecule has 0 unspecified atom stereocenters. The Morgan fingerprint density at radius 1 is 1.50 bits per heavy atom. The highest BCUT2D eigenvalue weighted by Gasteiger charge is 2.01.